The highest BCUT2D eigenvalue weighted by molar-refractivity contribution is 5.98. The van der Waals surface area contributed by atoms with Gasteiger partial charge >= 0.3 is 11.9 Å². The van der Waals surface area contributed by atoms with E-state index < -0.39 is 60.5 Å². The number of aromatic amines is 1. The normalized spacial score (nSPS) is 18.5. The van der Waals surface area contributed by atoms with Gasteiger partial charge < -0.3 is 31.1 Å². The fourth-order valence-corrected chi connectivity index (χ4v) is 3.09. The maximum Gasteiger partial charge on any atom is 0.326 e. The van der Waals surface area contributed by atoms with Crippen LogP contribution in [0.2, 0.25) is 0 Å². The molecule has 28 heavy (non-hydrogen) atoms. The minimum Gasteiger partial charge on any atom is -0.481 e. The number of nitrogens with one attached hydrogen (secondary N) is 2. The molecule has 6 N–H and O–H groups in total. The summed E-state index contributed by atoms with van der Waals surface area (Å²) in [7, 11) is 0. The minimum atomic E-state index is -1.35. The molecule has 2 heterocycles. The summed E-state index contributed by atoms with van der Waals surface area (Å²) in [6.07, 6.45) is 1.86. The molecule has 0 radical (unpaired) electrons. The number of aliphatic carboxylic acids is 2. The molecule has 1 saturated heterocycles. The number of imidazole rings is 1. The number of hydrogen-bond donors (Lipinski definition) is 5. The summed E-state index contributed by atoms with van der Waals surface area (Å²) < 4.78 is 0. The van der Waals surface area contributed by atoms with Crippen LogP contribution in [0, 0.1) is 5.92 Å². The molecule has 1 aromatic heterocycles. The van der Waals surface area contributed by atoms with E-state index in [1.54, 1.807) is 0 Å². The third kappa shape index (κ3) is 5.13. The van der Waals surface area contributed by atoms with Crippen LogP contribution in [0.4, 0.5) is 0 Å². The molecule has 0 aromatic carbocycles. The van der Waals surface area contributed by atoms with Crippen LogP contribution in [0.15, 0.2) is 12.5 Å². The Kier molecular flexibility index (Phi) is 6.82. The molecule has 0 saturated carbocycles. The highest BCUT2D eigenvalue weighted by Gasteiger charge is 2.42. The third-order valence-electron chi connectivity index (χ3n) is 4.43. The van der Waals surface area contributed by atoms with E-state index in [-0.39, 0.29) is 19.4 Å². The quantitative estimate of drug-likeness (QED) is 0.290. The largest absolute Gasteiger partial charge is 0.481 e. The highest BCUT2D eigenvalue weighted by Crippen LogP contribution is 2.24. The summed E-state index contributed by atoms with van der Waals surface area (Å²) >= 11 is 0. The lowest BCUT2D eigenvalue weighted by Crippen LogP contribution is -2.48. The van der Waals surface area contributed by atoms with Crippen molar-refractivity contribution in [2.45, 2.75) is 31.3 Å². The fraction of sp³-hybridized carbons (Fsp3) is 0.500. The number of carboxylic acids is 2. The highest BCUT2D eigenvalue weighted by atomic mass is 16.4. The van der Waals surface area contributed by atoms with Gasteiger partial charge in [0.2, 0.25) is 11.8 Å². The first-order valence-corrected chi connectivity index (χ1v) is 8.47. The van der Waals surface area contributed by atoms with E-state index >= 15 is 0 Å². The zero-order valence-corrected chi connectivity index (χ0v) is 14.8. The second kappa shape index (κ2) is 9.08. The third-order valence-corrected chi connectivity index (χ3v) is 4.43. The SMILES string of the molecule is NCC(=O)N[C@@H](CC(=O)O)C(=O)[C@H]1CC(=O)N([C@@H](Cc2cnc[nH]2)C(=O)O)C1. The van der Waals surface area contributed by atoms with Crippen LogP contribution >= 0.6 is 0 Å². The van der Waals surface area contributed by atoms with Gasteiger partial charge in [-0.1, -0.05) is 0 Å². The number of carbonyl (C=O) groups excluding carboxylic acids is 3. The van der Waals surface area contributed by atoms with Crippen LogP contribution in [0.5, 0.6) is 0 Å². The van der Waals surface area contributed by atoms with Crippen molar-refractivity contribution in [3.8, 4) is 0 Å². The van der Waals surface area contributed by atoms with Crippen LogP contribution in [0.3, 0.4) is 0 Å². The fourth-order valence-electron chi connectivity index (χ4n) is 3.09. The maximum absolute atomic E-state index is 12.7. The summed E-state index contributed by atoms with van der Waals surface area (Å²) in [6.45, 7) is -0.609. The Morgan fingerprint density at radius 1 is 1.36 bits per heavy atom. The number of aromatic nitrogens is 2. The number of nitrogens with zero attached hydrogens (tertiary/aromatic N) is 2. The lowest BCUT2D eigenvalue weighted by Gasteiger charge is -2.25. The molecule has 2 rings (SSSR count). The number of ketones is 1. The van der Waals surface area contributed by atoms with E-state index in [4.69, 9.17) is 10.8 Å². The van der Waals surface area contributed by atoms with Gasteiger partial charge in [-0.25, -0.2) is 9.78 Å². The van der Waals surface area contributed by atoms with Gasteiger partial charge in [0.1, 0.15) is 6.04 Å². The number of H-pyrrole nitrogens is 1. The number of carboxylic acid groups (broad SMARTS) is 2. The maximum atomic E-state index is 12.7. The Hall–Kier alpha value is -3.28. The molecule has 12 heteroatoms. The second-order valence-electron chi connectivity index (χ2n) is 6.41. The molecule has 2 amide bonds. The average molecular weight is 395 g/mol. The molecular formula is C16H21N5O7. The van der Waals surface area contributed by atoms with Crippen molar-refractivity contribution in [1.29, 1.82) is 0 Å². The Morgan fingerprint density at radius 2 is 2.07 bits per heavy atom. The second-order valence-corrected chi connectivity index (χ2v) is 6.41. The first-order chi connectivity index (χ1) is 13.2. The number of nitrogens with two attached hydrogens (primary N) is 1. The van der Waals surface area contributed by atoms with Gasteiger partial charge in [0.05, 0.1) is 25.3 Å². The number of likely N-dealkylation sites (tertiary alicyclic amines) is 1. The molecular weight excluding hydrogens is 374 g/mol. The van der Waals surface area contributed by atoms with Crippen molar-refractivity contribution >= 4 is 29.5 Å². The predicted molar refractivity (Wildman–Crippen MR) is 91.8 cm³/mol. The van der Waals surface area contributed by atoms with Crippen molar-refractivity contribution < 1.29 is 34.2 Å². The summed E-state index contributed by atoms with van der Waals surface area (Å²) in [5, 5.41) is 20.7. The van der Waals surface area contributed by atoms with Crippen molar-refractivity contribution in [2.75, 3.05) is 13.1 Å². The Bertz CT molecular complexity index is 763. The van der Waals surface area contributed by atoms with Crippen molar-refractivity contribution in [3.63, 3.8) is 0 Å². The van der Waals surface area contributed by atoms with E-state index in [2.05, 4.69) is 15.3 Å². The predicted octanol–water partition coefficient (Wildman–Crippen LogP) is -2.26. The lowest BCUT2D eigenvalue weighted by molar-refractivity contribution is -0.148. The van der Waals surface area contributed by atoms with E-state index in [0.717, 1.165) is 4.90 Å². The summed E-state index contributed by atoms with van der Waals surface area (Å²) in [5.74, 6) is -5.37. The van der Waals surface area contributed by atoms with Crippen molar-refractivity contribution in [3.05, 3.63) is 18.2 Å². The van der Waals surface area contributed by atoms with E-state index in [1.165, 1.54) is 12.5 Å². The van der Waals surface area contributed by atoms with Crippen LogP contribution in [0.1, 0.15) is 18.5 Å². The molecule has 152 valence electrons. The Balaban J connectivity index is 2.13. The van der Waals surface area contributed by atoms with Gasteiger partial charge in [-0.3, -0.25) is 19.2 Å². The molecule has 1 aromatic rings. The average Bonchev–Trinajstić information content (AvgIpc) is 3.27. The topological polar surface area (TPSA) is 196 Å². The van der Waals surface area contributed by atoms with E-state index in [1.807, 2.05) is 0 Å². The first kappa shape index (κ1) is 21.0. The minimum absolute atomic E-state index is 0.0234. The smallest absolute Gasteiger partial charge is 0.326 e. The molecule has 1 aliphatic heterocycles. The molecule has 1 fully saturated rings. The zero-order valence-electron chi connectivity index (χ0n) is 14.8. The molecule has 1 aliphatic rings. The van der Waals surface area contributed by atoms with Crippen LogP contribution in [0.25, 0.3) is 0 Å². The molecule has 12 nitrogen and oxygen atoms in total. The molecule has 0 spiro atoms. The monoisotopic (exact) mass is 395 g/mol. The summed E-state index contributed by atoms with van der Waals surface area (Å²) in [5.41, 5.74) is 5.69. The van der Waals surface area contributed by atoms with Crippen molar-refractivity contribution in [1.82, 2.24) is 20.2 Å². The van der Waals surface area contributed by atoms with Crippen LogP contribution < -0.4 is 11.1 Å². The molecule has 3 atom stereocenters. The number of Topliss-reactive ketones (excluding diaryl/α,β-unsaturated/α-hetero) is 1. The Morgan fingerprint density at radius 3 is 2.61 bits per heavy atom. The molecule has 0 unspecified atom stereocenters. The Labute approximate surface area is 159 Å². The van der Waals surface area contributed by atoms with Gasteiger partial charge in [-0.2, -0.15) is 0 Å². The van der Waals surface area contributed by atoms with Crippen molar-refractivity contribution in [2.24, 2.45) is 11.7 Å². The number of rotatable bonds is 10. The summed E-state index contributed by atoms with van der Waals surface area (Å²) in [6, 6.07) is -2.55. The van der Waals surface area contributed by atoms with Gasteiger partial charge in [0.15, 0.2) is 5.78 Å². The van der Waals surface area contributed by atoms with Crippen LogP contribution in [-0.4, -0.2) is 79.8 Å². The van der Waals surface area contributed by atoms with Gasteiger partial charge in [0.25, 0.3) is 0 Å². The lowest BCUT2D eigenvalue weighted by atomic mass is 9.95. The van der Waals surface area contributed by atoms with Gasteiger partial charge in [-0.15, -0.1) is 0 Å². The van der Waals surface area contributed by atoms with E-state index in [9.17, 15) is 29.1 Å². The van der Waals surface area contributed by atoms with Gasteiger partial charge in [0, 0.05) is 37.2 Å². The first-order valence-electron chi connectivity index (χ1n) is 8.47. The number of hydrogen-bond acceptors (Lipinski definition) is 7. The summed E-state index contributed by atoms with van der Waals surface area (Å²) in [4.78, 5) is 66.8. The molecule has 0 aliphatic carbocycles. The zero-order chi connectivity index (χ0) is 20.8. The number of carbonyl (C=O) groups is 5. The van der Waals surface area contributed by atoms with E-state index in [0.29, 0.717) is 5.69 Å². The van der Waals surface area contributed by atoms with Gasteiger partial charge in [-0.05, 0) is 0 Å². The standard InChI is InChI=1S/C16H21N5O7/c17-4-12(22)20-10(3-14(24)25)15(26)8-1-13(23)21(6-8)11(16(27)28)2-9-5-18-7-19-9/h5,7-8,10-11H,1-4,6,17H2,(H,18,19)(H,20,22)(H,24,25)(H,27,28)/t8-,10-,11-/m0/s1. The molecule has 0 bridgehead atoms. The number of amides is 2. The van der Waals surface area contributed by atoms with Crippen LogP contribution in [-0.2, 0) is 30.4 Å².